The van der Waals surface area contributed by atoms with Gasteiger partial charge in [-0.05, 0) is 31.9 Å². The van der Waals surface area contributed by atoms with Gasteiger partial charge in [0.05, 0.1) is 10.3 Å². The number of carbonyl (C=O) groups excluding carboxylic acids is 1. The third kappa shape index (κ3) is 3.90. The number of thioether (sulfide) groups is 1. The van der Waals surface area contributed by atoms with Crippen molar-refractivity contribution in [1.29, 1.82) is 0 Å². The molecule has 1 aliphatic carbocycles. The zero-order valence-electron chi connectivity index (χ0n) is 11.1. The van der Waals surface area contributed by atoms with Crippen molar-refractivity contribution >= 4 is 35.2 Å². The highest BCUT2D eigenvalue weighted by molar-refractivity contribution is 8.00. The largest absolute Gasteiger partial charge is 0.480 e. The van der Waals surface area contributed by atoms with Crippen LogP contribution >= 0.6 is 23.4 Å². The fourth-order valence-electron chi connectivity index (χ4n) is 1.93. The number of nitrogens with zero attached hydrogens (tertiary/aromatic N) is 1. The van der Waals surface area contributed by atoms with Crippen LogP contribution in [0.2, 0.25) is 5.02 Å². The first kappa shape index (κ1) is 15.2. The highest BCUT2D eigenvalue weighted by Crippen LogP contribution is 2.33. The lowest BCUT2D eigenvalue weighted by atomic mass is 10.3. The third-order valence-corrected chi connectivity index (χ3v) is 4.67. The summed E-state index contributed by atoms with van der Waals surface area (Å²) in [5, 5.41) is 9.16. The van der Waals surface area contributed by atoms with Gasteiger partial charge in [0.1, 0.15) is 6.54 Å². The van der Waals surface area contributed by atoms with Gasteiger partial charge in [0.2, 0.25) is 5.91 Å². The van der Waals surface area contributed by atoms with Crippen molar-refractivity contribution in [3.8, 4) is 0 Å². The summed E-state index contributed by atoms with van der Waals surface area (Å²) in [4.78, 5) is 25.5. The quantitative estimate of drug-likeness (QED) is 0.820. The van der Waals surface area contributed by atoms with E-state index in [1.54, 1.807) is 13.0 Å². The molecule has 0 heterocycles. The second-order valence-electron chi connectivity index (χ2n) is 4.78. The van der Waals surface area contributed by atoms with Crippen molar-refractivity contribution in [3.63, 3.8) is 0 Å². The standard InChI is InChI=1S/C14H16ClNO3S/c1-9(20-12-5-3-2-4-11(12)15)14(19)16(8-13(17)18)10-6-7-10/h2-5,9-10H,6-8H2,1H3,(H,17,18). The molecular formula is C14H16ClNO3S. The van der Waals surface area contributed by atoms with Crippen molar-refractivity contribution in [2.45, 2.75) is 36.0 Å². The molecule has 0 bridgehead atoms. The van der Waals surface area contributed by atoms with Crippen LogP contribution in [0.4, 0.5) is 0 Å². The second kappa shape index (κ2) is 6.50. The van der Waals surface area contributed by atoms with Crippen molar-refractivity contribution in [1.82, 2.24) is 4.90 Å². The molecule has 0 radical (unpaired) electrons. The first-order valence-corrected chi connectivity index (χ1v) is 7.68. The Kier molecular flexibility index (Phi) is 4.94. The molecule has 0 spiro atoms. The van der Waals surface area contributed by atoms with E-state index in [1.807, 2.05) is 18.2 Å². The number of carboxylic acid groups (broad SMARTS) is 1. The van der Waals surface area contributed by atoms with Crippen LogP contribution < -0.4 is 0 Å². The molecule has 0 aliphatic heterocycles. The lowest BCUT2D eigenvalue weighted by Gasteiger charge is -2.23. The van der Waals surface area contributed by atoms with E-state index in [9.17, 15) is 9.59 Å². The van der Waals surface area contributed by atoms with Crippen LogP contribution in [0.1, 0.15) is 19.8 Å². The Morgan fingerprint density at radius 1 is 1.45 bits per heavy atom. The number of benzene rings is 1. The van der Waals surface area contributed by atoms with E-state index in [0.29, 0.717) is 5.02 Å². The van der Waals surface area contributed by atoms with E-state index in [1.165, 1.54) is 16.7 Å². The van der Waals surface area contributed by atoms with Crippen molar-refractivity contribution in [2.24, 2.45) is 0 Å². The average Bonchev–Trinajstić information content (AvgIpc) is 3.22. The Labute approximate surface area is 127 Å². The Balaban J connectivity index is 2.03. The highest BCUT2D eigenvalue weighted by Gasteiger charge is 2.36. The molecule has 1 saturated carbocycles. The van der Waals surface area contributed by atoms with Crippen molar-refractivity contribution < 1.29 is 14.7 Å². The molecule has 1 unspecified atom stereocenters. The third-order valence-electron chi connectivity index (χ3n) is 3.06. The predicted octanol–water partition coefficient (Wildman–Crippen LogP) is 2.90. The van der Waals surface area contributed by atoms with Crippen molar-refractivity contribution in [2.75, 3.05) is 6.54 Å². The van der Waals surface area contributed by atoms with Gasteiger partial charge >= 0.3 is 5.97 Å². The molecule has 6 heteroatoms. The lowest BCUT2D eigenvalue weighted by Crippen LogP contribution is -2.41. The summed E-state index contributed by atoms with van der Waals surface area (Å²) in [7, 11) is 0. The highest BCUT2D eigenvalue weighted by atomic mass is 35.5. The van der Waals surface area contributed by atoms with Gasteiger partial charge in [0, 0.05) is 10.9 Å². The summed E-state index contributed by atoms with van der Waals surface area (Å²) in [6.07, 6.45) is 1.78. The molecule has 0 aromatic heterocycles. The monoisotopic (exact) mass is 313 g/mol. The van der Waals surface area contributed by atoms with Crippen LogP contribution in [0.25, 0.3) is 0 Å². The Bertz CT molecular complexity index is 519. The molecule has 2 rings (SSSR count). The fraction of sp³-hybridized carbons (Fsp3) is 0.429. The first-order chi connectivity index (χ1) is 9.49. The number of halogens is 1. The maximum Gasteiger partial charge on any atom is 0.323 e. The number of aliphatic carboxylic acids is 1. The smallest absolute Gasteiger partial charge is 0.323 e. The van der Waals surface area contributed by atoms with Crippen molar-refractivity contribution in [3.05, 3.63) is 29.3 Å². The lowest BCUT2D eigenvalue weighted by molar-refractivity contribution is -0.144. The van der Waals surface area contributed by atoms with E-state index >= 15 is 0 Å². The Morgan fingerprint density at radius 3 is 2.65 bits per heavy atom. The fourth-order valence-corrected chi connectivity index (χ4v) is 3.16. The van der Waals surface area contributed by atoms with Gasteiger partial charge in [-0.1, -0.05) is 23.7 Å². The van der Waals surface area contributed by atoms with Gasteiger partial charge < -0.3 is 10.0 Å². The van der Waals surface area contributed by atoms with E-state index < -0.39 is 5.97 Å². The molecule has 108 valence electrons. The van der Waals surface area contributed by atoms with E-state index in [-0.39, 0.29) is 23.7 Å². The summed E-state index contributed by atoms with van der Waals surface area (Å²) in [5.41, 5.74) is 0. The predicted molar refractivity (Wildman–Crippen MR) is 79.1 cm³/mol. The number of carboxylic acids is 1. The SMILES string of the molecule is CC(Sc1ccccc1Cl)C(=O)N(CC(=O)O)C1CC1. The topological polar surface area (TPSA) is 57.6 Å². The van der Waals surface area contributed by atoms with E-state index in [0.717, 1.165) is 17.7 Å². The van der Waals surface area contributed by atoms with Gasteiger partial charge in [0.15, 0.2) is 0 Å². The zero-order valence-corrected chi connectivity index (χ0v) is 12.7. The van der Waals surface area contributed by atoms with E-state index in [2.05, 4.69) is 0 Å². The Morgan fingerprint density at radius 2 is 2.10 bits per heavy atom. The average molecular weight is 314 g/mol. The number of rotatable bonds is 6. The molecule has 1 amide bonds. The number of amides is 1. The van der Waals surface area contributed by atoms with Gasteiger partial charge in [-0.3, -0.25) is 9.59 Å². The minimum Gasteiger partial charge on any atom is -0.480 e. The second-order valence-corrected chi connectivity index (χ2v) is 6.57. The summed E-state index contributed by atoms with van der Waals surface area (Å²) >= 11 is 7.43. The van der Waals surface area contributed by atoms with Crippen LogP contribution in [-0.4, -0.2) is 39.7 Å². The molecule has 1 aromatic carbocycles. The first-order valence-electron chi connectivity index (χ1n) is 6.42. The normalized spacial score (nSPS) is 15.7. The molecule has 1 N–H and O–H groups in total. The summed E-state index contributed by atoms with van der Waals surface area (Å²) < 4.78 is 0. The number of hydrogen-bond donors (Lipinski definition) is 1. The molecule has 0 saturated heterocycles. The molecule has 1 fully saturated rings. The molecule has 1 aromatic rings. The van der Waals surface area contributed by atoms with Crippen LogP contribution in [0.5, 0.6) is 0 Å². The molecular weight excluding hydrogens is 298 g/mol. The zero-order chi connectivity index (χ0) is 14.7. The number of carbonyl (C=O) groups is 2. The van der Waals surface area contributed by atoms with Gasteiger partial charge in [-0.25, -0.2) is 0 Å². The summed E-state index contributed by atoms with van der Waals surface area (Å²) in [6.45, 7) is 1.56. The number of hydrogen-bond acceptors (Lipinski definition) is 3. The van der Waals surface area contributed by atoms with Gasteiger partial charge in [-0.2, -0.15) is 0 Å². The van der Waals surface area contributed by atoms with Crippen LogP contribution in [-0.2, 0) is 9.59 Å². The minimum absolute atomic E-state index is 0.0906. The minimum atomic E-state index is -0.972. The molecule has 4 nitrogen and oxygen atoms in total. The molecule has 1 aliphatic rings. The molecule has 20 heavy (non-hydrogen) atoms. The van der Waals surface area contributed by atoms with Crippen LogP contribution in [0.15, 0.2) is 29.2 Å². The Hall–Kier alpha value is -1.20. The van der Waals surface area contributed by atoms with Crippen LogP contribution in [0.3, 0.4) is 0 Å². The summed E-state index contributed by atoms with van der Waals surface area (Å²) in [6, 6.07) is 7.42. The van der Waals surface area contributed by atoms with E-state index in [4.69, 9.17) is 16.7 Å². The van der Waals surface area contributed by atoms with Crippen LogP contribution in [0, 0.1) is 0 Å². The summed E-state index contributed by atoms with van der Waals surface area (Å²) in [5.74, 6) is -1.11. The maximum atomic E-state index is 12.4. The van der Waals surface area contributed by atoms with Gasteiger partial charge in [0.25, 0.3) is 0 Å². The molecule has 1 atom stereocenters. The maximum absolute atomic E-state index is 12.4. The van der Waals surface area contributed by atoms with Gasteiger partial charge in [-0.15, -0.1) is 11.8 Å².